The van der Waals surface area contributed by atoms with Gasteiger partial charge in [-0.15, -0.1) is 0 Å². The van der Waals surface area contributed by atoms with Crippen LogP contribution in [0.5, 0.6) is 5.75 Å². The van der Waals surface area contributed by atoms with Gasteiger partial charge in [-0.2, -0.15) is 0 Å². The third-order valence-corrected chi connectivity index (χ3v) is 6.28. The van der Waals surface area contributed by atoms with E-state index >= 15 is 0 Å². The maximum Gasteiger partial charge on any atom is 0.295 e. The number of nitrogens with one attached hydrogen (secondary N) is 1. The van der Waals surface area contributed by atoms with Gasteiger partial charge in [0.15, 0.2) is 0 Å². The molecule has 1 N–H and O–H groups in total. The molecule has 2 heterocycles. The van der Waals surface area contributed by atoms with E-state index in [1.54, 1.807) is 42.7 Å². The number of aromatic nitrogens is 1. The van der Waals surface area contributed by atoms with Crippen molar-refractivity contribution >= 4 is 17.4 Å². The molecule has 1 atom stereocenters. The highest BCUT2D eigenvalue weighted by Crippen LogP contribution is 2.38. The molecule has 3 aromatic rings. The van der Waals surface area contributed by atoms with Gasteiger partial charge >= 0.3 is 0 Å². The lowest BCUT2D eigenvalue weighted by Crippen LogP contribution is -3.05. The number of rotatable bonds is 9. The van der Waals surface area contributed by atoms with Gasteiger partial charge in [0.05, 0.1) is 26.7 Å². The van der Waals surface area contributed by atoms with Crippen LogP contribution in [-0.2, 0) is 16.2 Å². The van der Waals surface area contributed by atoms with Gasteiger partial charge < -0.3 is 19.6 Å². The first-order valence-electron chi connectivity index (χ1n) is 12.1. The zero-order valence-corrected chi connectivity index (χ0v) is 20.9. The minimum atomic E-state index is -0.752. The van der Waals surface area contributed by atoms with Gasteiger partial charge in [-0.1, -0.05) is 48.2 Å². The van der Waals surface area contributed by atoms with Gasteiger partial charge in [-0.3, -0.25) is 14.6 Å². The summed E-state index contributed by atoms with van der Waals surface area (Å²) in [6, 6.07) is 17.7. The molecule has 4 rings (SSSR count). The summed E-state index contributed by atoms with van der Waals surface area (Å²) < 4.78 is 5.93. The van der Waals surface area contributed by atoms with E-state index in [-0.39, 0.29) is 5.57 Å². The first-order chi connectivity index (χ1) is 17.4. The van der Waals surface area contributed by atoms with Crippen molar-refractivity contribution in [1.82, 2.24) is 9.88 Å². The van der Waals surface area contributed by atoms with Crippen LogP contribution in [0.2, 0.25) is 0 Å². The maximum absolute atomic E-state index is 13.7. The van der Waals surface area contributed by atoms with Crippen molar-refractivity contribution in [2.24, 2.45) is 0 Å². The minimum Gasteiger partial charge on any atom is -0.872 e. The Balaban J connectivity index is 1.66. The second kappa shape index (κ2) is 11.2. The molecule has 1 saturated heterocycles. The first-order valence-corrected chi connectivity index (χ1v) is 12.1. The number of Topliss-reactive ketones (excluding diaryl/α,β-unsaturated/α-hetero) is 1. The number of carbonyl (C=O) groups is 2. The molecule has 2 aromatic carbocycles. The molecule has 1 aliphatic rings. The molecule has 7 heteroatoms. The Morgan fingerprint density at radius 3 is 2.53 bits per heavy atom. The predicted molar refractivity (Wildman–Crippen MR) is 135 cm³/mol. The fraction of sp³-hybridized carbons (Fsp3) is 0.276. The van der Waals surface area contributed by atoms with E-state index < -0.39 is 23.5 Å². The zero-order chi connectivity index (χ0) is 25.7. The quantitative estimate of drug-likeness (QED) is 0.283. The summed E-state index contributed by atoms with van der Waals surface area (Å²) in [6.07, 6.45) is 3.95. The van der Waals surface area contributed by atoms with Crippen LogP contribution in [0, 0.1) is 6.92 Å². The lowest BCUT2D eigenvalue weighted by Gasteiger charge is -2.27. The summed E-state index contributed by atoms with van der Waals surface area (Å²) in [5, 5.41) is 13.7. The molecule has 0 bridgehead atoms. The minimum absolute atomic E-state index is 0.0254. The lowest BCUT2D eigenvalue weighted by molar-refractivity contribution is -0.858. The molecule has 1 amide bonds. The van der Waals surface area contributed by atoms with Crippen LogP contribution in [0.3, 0.4) is 0 Å². The van der Waals surface area contributed by atoms with Crippen LogP contribution in [0.4, 0.5) is 0 Å². The summed E-state index contributed by atoms with van der Waals surface area (Å²) in [6.45, 7) is 3.49. The monoisotopic (exact) mass is 485 g/mol. The molecule has 1 fully saturated rings. The van der Waals surface area contributed by atoms with Crippen molar-refractivity contribution in [1.29, 1.82) is 0 Å². The highest BCUT2D eigenvalue weighted by molar-refractivity contribution is 6.46. The molecule has 1 unspecified atom stereocenters. The van der Waals surface area contributed by atoms with Crippen LogP contribution in [-0.4, -0.2) is 48.8 Å². The number of ketones is 1. The second-order valence-electron chi connectivity index (χ2n) is 9.32. The van der Waals surface area contributed by atoms with E-state index in [0.29, 0.717) is 36.4 Å². The largest absolute Gasteiger partial charge is 0.872 e. The van der Waals surface area contributed by atoms with E-state index in [1.165, 1.54) is 9.80 Å². The molecule has 1 aliphatic heterocycles. The molecule has 186 valence electrons. The van der Waals surface area contributed by atoms with E-state index in [9.17, 15) is 14.7 Å². The fourth-order valence-corrected chi connectivity index (χ4v) is 4.43. The normalized spacial score (nSPS) is 17.1. The number of pyridine rings is 1. The molecule has 0 radical (unpaired) electrons. The third kappa shape index (κ3) is 5.47. The second-order valence-corrected chi connectivity index (χ2v) is 9.32. The summed E-state index contributed by atoms with van der Waals surface area (Å²) >= 11 is 0. The Bertz CT molecular complexity index is 1260. The summed E-state index contributed by atoms with van der Waals surface area (Å²) in [5.74, 6) is -1.17. The number of hydrogen-bond donors (Lipinski definition) is 1. The Kier molecular flexibility index (Phi) is 7.80. The Morgan fingerprint density at radius 2 is 1.86 bits per heavy atom. The smallest absolute Gasteiger partial charge is 0.295 e. The number of quaternary nitrogens is 1. The number of carbonyl (C=O) groups excluding carboxylic acids is 2. The molecule has 7 nitrogen and oxygen atoms in total. The van der Waals surface area contributed by atoms with Crippen molar-refractivity contribution in [3.63, 3.8) is 0 Å². The standard InChI is InChI=1S/C29H31N3O4/c1-20-17-22(12-13-24(20)36-19-21-9-5-4-6-10-21)27(33)25-26(23-11-7-14-30-18-23)32(29(35)28(25)34)16-8-15-31(2)3/h4-7,9-14,17-18,26,33H,8,15-16,19H2,1-3H3. The number of likely N-dealkylation sites (tertiary alicyclic amines) is 1. The molecule has 0 saturated carbocycles. The number of aryl methyl sites for hydroxylation is 1. The van der Waals surface area contributed by atoms with E-state index in [4.69, 9.17) is 4.74 Å². The molecular formula is C29H31N3O4. The Hall–Kier alpha value is -3.97. The van der Waals surface area contributed by atoms with Gasteiger partial charge in [0.2, 0.25) is 5.78 Å². The van der Waals surface area contributed by atoms with Crippen LogP contribution in [0.15, 0.2) is 78.6 Å². The van der Waals surface area contributed by atoms with Gasteiger partial charge in [0.1, 0.15) is 12.4 Å². The fourth-order valence-electron chi connectivity index (χ4n) is 4.43. The molecule has 36 heavy (non-hydrogen) atoms. The van der Waals surface area contributed by atoms with Gasteiger partial charge in [0.25, 0.3) is 5.91 Å². The highest BCUT2D eigenvalue weighted by atomic mass is 16.5. The topological polar surface area (TPSA) is 87.0 Å². The van der Waals surface area contributed by atoms with E-state index in [2.05, 4.69) is 4.98 Å². The van der Waals surface area contributed by atoms with Crippen molar-refractivity contribution in [3.05, 3.63) is 101 Å². The number of amides is 1. The van der Waals surface area contributed by atoms with Crippen LogP contribution in [0.1, 0.15) is 34.7 Å². The van der Waals surface area contributed by atoms with Crippen LogP contribution in [0.25, 0.3) is 5.76 Å². The van der Waals surface area contributed by atoms with Crippen molar-refractivity contribution in [2.75, 3.05) is 27.2 Å². The highest BCUT2D eigenvalue weighted by Gasteiger charge is 2.44. The molecule has 0 aliphatic carbocycles. The van der Waals surface area contributed by atoms with Crippen molar-refractivity contribution in [3.8, 4) is 5.75 Å². The van der Waals surface area contributed by atoms with Gasteiger partial charge in [0, 0.05) is 30.9 Å². The van der Waals surface area contributed by atoms with Crippen molar-refractivity contribution in [2.45, 2.75) is 26.0 Å². The van der Waals surface area contributed by atoms with E-state index in [1.807, 2.05) is 51.4 Å². The number of benzene rings is 2. The van der Waals surface area contributed by atoms with Crippen LogP contribution >= 0.6 is 0 Å². The summed E-state index contributed by atoms with van der Waals surface area (Å²) in [5.41, 5.74) is 2.79. The van der Waals surface area contributed by atoms with Crippen LogP contribution < -0.4 is 14.7 Å². The van der Waals surface area contributed by atoms with Crippen molar-refractivity contribution < 1.29 is 24.3 Å². The lowest BCUT2D eigenvalue weighted by atomic mass is 9.95. The van der Waals surface area contributed by atoms with Gasteiger partial charge in [-0.25, -0.2) is 0 Å². The maximum atomic E-state index is 13.7. The molecule has 0 spiro atoms. The number of nitrogens with zero attached hydrogens (tertiary/aromatic N) is 2. The average molecular weight is 486 g/mol. The average Bonchev–Trinajstić information content (AvgIpc) is 3.13. The van der Waals surface area contributed by atoms with E-state index in [0.717, 1.165) is 17.7 Å². The number of ether oxygens (including phenoxy) is 1. The first kappa shape index (κ1) is 25.1. The Morgan fingerprint density at radius 1 is 1.08 bits per heavy atom. The zero-order valence-electron chi connectivity index (χ0n) is 20.9. The Labute approximate surface area is 211 Å². The number of hydrogen-bond acceptors (Lipinski definition) is 5. The predicted octanol–water partition coefficient (Wildman–Crippen LogP) is 1.73. The SMILES string of the molecule is Cc1cc(C([O-])=C2C(=O)C(=O)N(CCC[NH+](C)C)C2c2cccnc2)ccc1OCc1ccccc1. The van der Waals surface area contributed by atoms with Gasteiger partial charge in [-0.05, 0) is 47.4 Å². The molecular weight excluding hydrogens is 454 g/mol. The molecule has 1 aromatic heterocycles. The third-order valence-electron chi connectivity index (χ3n) is 6.28. The summed E-state index contributed by atoms with van der Waals surface area (Å²) in [4.78, 5) is 33.1. The summed E-state index contributed by atoms with van der Waals surface area (Å²) in [7, 11) is 4.07.